The molecular formula is C31H52O5. The van der Waals surface area contributed by atoms with Gasteiger partial charge in [-0.3, -0.25) is 9.59 Å². The van der Waals surface area contributed by atoms with Gasteiger partial charge in [-0.05, 0) is 85.9 Å². The number of hydrogen-bond donors (Lipinski definition) is 1. The molecule has 0 aromatic rings. The number of carbonyl (C=O) groups excluding carboxylic acids is 2. The standard InChI is InChI=1S/C31H52O5/c1-19(2)9-8-10-20(3)25-11-12-26-24-17-28(36-22(5)33)31(34)18-23(35-21(4)32)13-16-30(31,7)27(24)14-15-29(25,26)6/h19-20,23-28,34H,8-18H2,1-7H3/t20-,23?,24?,25?,26?,27?,28?,29?,30?,31+/m1/s1. The van der Waals surface area contributed by atoms with Crippen molar-refractivity contribution in [2.24, 2.45) is 46.3 Å². The number of rotatable bonds is 7. The van der Waals surface area contributed by atoms with Gasteiger partial charge in [0.2, 0.25) is 0 Å². The van der Waals surface area contributed by atoms with Crippen LogP contribution in [0.25, 0.3) is 0 Å². The van der Waals surface area contributed by atoms with Crippen molar-refractivity contribution >= 4 is 11.9 Å². The highest BCUT2D eigenvalue weighted by Crippen LogP contribution is 2.69. The molecule has 5 heteroatoms. The Morgan fingerprint density at radius 2 is 1.61 bits per heavy atom. The summed E-state index contributed by atoms with van der Waals surface area (Å²) >= 11 is 0. The average molecular weight is 505 g/mol. The first kappa shape index (κ1) is 27.9. The molecule has 4 saturated carbocycles. The fraction of sp³-hybridized carbons (Fsp3) is 0.935. The summed E-state index contributed by atoms with van der Waals surface area (Å²) in [6, 6.07) is 0. The van der Waals surface area contributed by atoms with E-state index in [1.807, 2.05) is 0 Å². The normalized spacial score (nSPS) is 44.8. The minimum Gasteiger partial charge on any atom is -0.462 e. The maximum atomic E-state index is 12.3. The third kappa shape index (κ3) is 4.76. The molecular weight excluding hydrogens is 452 g/mol. The molecule has 0 aromatic heterocycles. The molecule has 4 aliphatic carbocycles. The Bertz CT molecular complexity index is 824. The van der Waals surface area contributed by atoms with Gasteiger partial charge in [0, 0.05) is 25.7 Å². The smallest absolute Gasteiger partial charge is 0.303 e. The predicted octanol–water partition coefficient (Wildman–Crippen LogP) is 6.70. The zero-order valence-electron chi connectivity index (χ0n) is 24.0. The maximum absolute atomic E-state index is 12.3. The van der Waals surface area contributed by atoms with E-state index in [0.29, 0.717) is 29.6 Å². The molecule has 0 radical (unpaired) electrons. The Balaban J connectivity index is 1.59. The first-order valence-corrected chi connectivity index (χ1v) is 14.9. The molecule has 8 unspecified atom stereocenters. The predicted molar refractivity (Wildman–Crippen MR) is 141 cm³/mol. The van der Waals surface area contributed by atoms with Crippen LogP contribution in [0.3, 0.4) is 0 Å². The highest BCUT2D eigenvalue weighted by atomic mass is 16.6. The van der Waals surface area contributed by atoms with E-state index in [9.17, 15) is 14.7 Å². The van der Waals surface area contributed by atoms with E-state index in [0.717, 1.165) is 43.4 Å². The molecule has 206 valence electrons. The van der Waals surface area contributed by atoms with Gasteiger partial charge in [0.1, 0.15) is 17.8 Å². The highest BCUT2D eigenvalue weighted by molar-refractivity contribution is 5.66. The first-order chi connectivity index (χ1) is 16.8. The summed E-state index contributed by atoms with van der Waals surface area (Å²) in [4.78, 5) is 23.9. The van der Waals surface area contributed by atoms with Crippen LogP contribution >= 0.6 is 0 Å². The van der Waals surface area contributed by atoms with E-state index < -0.39 is 11.7 Å². The van der Waals surface area contributed by atoms with Crippen LogP contribution in [0.2, 0.25) is 0 Å². The Morgan fingerprint density at radius 1 is 0.917 bits per heavy atom. The van der Waals surface area contributed by atoms with Gasteiger partial charge >= 0.3 is 11.9 Å². The third-order valence-electron chi connectivity index (χ3n) is 11.6. The molecule has 0 aromatic carbocycles. The van der Waals surface area contributed by atoms with Gasteiger partial charge in [-0.25, -0.2) is 0 Å². The summed E-state index contributed by atoms with van der Waals surface area (Å²) < 4.78 is 11.5. The molecule has 36 heavy (non-hydrogen) atoms. The summed E-state index contributed by atoms with van der Waals surface area (Å²) in [5, 5.41) is 12.3. The second-order valence-electron chi connectivity index (χ2n) is 14.1. The zero-order valence-corrected chi connectivity index (χ0v) is 24.0. The SMILES string of the molecule is CC(=O)OC1CCC2(C)C3CCC4(C)C(CCC4[C@H](C)CCCC(C)C)C3CC(OC(C)=O)[C@@]2(O)C1. The fourth-order valence-electron chi connectivity index (χ4n) is 9.92. The molecule has 0 bridgehead atoms. The molecule has 0 amide bonds. The number of ether oxygens (including phenoxy) is 2. The molecule has 0 aliphatic heterocycles. The van der Waals surface area contributed by atoms with E-state index in [2.05, 4.69) is 34.6 Å². The number of carbonyl (C=O) groups is 2. The molecule has 4 fully saturated rings. The summed E-state index contributed by atoms with van der Waals surface area (Å²) in [5.41, 5.74) is -1.16. The molecule has 0 saturated heterocycles. The van der Waals surface area contributed by atoms with Crippen molar-refractivity contribution in [3.05, 3.63) is 0 Å². The van der Waals surface area contributed by atoms with Crippen LogP contribution in [0.15, 0.2) is 0 Å². The quantitative estimate of drug-likeness (QED) is 0.391. The molecule has 10 atom stereocenters. The van der Waals surface area contributed by atoms with Crippen molar-refractivity contribution in [3.8, 4) is 0 Å². The lowest BCUT2D eigenvalue weighted by atomic mass is 9.42. The monoisotopic (exact) mass is 504 g/mol. The van der Waals surface area contributed by atoms with Crippen LogP contribution in [0.5, 0.6) is 0 Å². The number of hydrogen-bond acceptors (Lipinski definition) is 5. The molecule has 4 rings (SSSR count). The van der Waals surface area contributed by atoms with E-state index in [4.69, 9.17) is 9.47 Å². The van der Waals surface area contributed by atoms with Crippen molar-refractivity contribution in [1.29, 1.82) is 0 Å². The van der Waals surface area contributed by atoms with Crippen molar-refractivity contribution in [3.63, 3.8) is 0 Å². The molecule has 4 aliphatic rings. The molecule has 0 spiro atoms. The molecule has 0 heterocycles. The molecule has 5 nitrogen and oxygen atoms in total. The second-order valence-corrected chi connectivity index (χ2v) is 14.1. The lowest BCUT2D eigenvalue weighted by Gasteiger charge is -2.65. The van der Waals surface area contributed by atoms with Gasteiger partial charge in [0.05, 0.1) is 0 Å². The van der Waals surface area contributed by atoms with Crippen LogP contribution < -0.4 is 0 Å². The number of fused-ring (bicyclic) bond motifs is 5. The first-order valence-electron chi connectivity index (χ1n) is 14.9. The van der Waals surface area contributed by atoms with Crippen LogP contribution in [0.4, 0.5) is 0 Å². The second kappa shape index (κ2) is 10.2. The average Bonchev–Trinajstić information content (AvgIpc) is 3.12. The minimum atomic E-state index is -1.16. The largest absolute Gasteiger partial charge is 0.462 e. The number of aliphatic hydroxyl groups is 1. The summed E-state index contributed by atoms with van der Waals surface area (Å²) in [7, 11) is 0. The number of esters is 2. The van der Waals surface area contributed by atoms with Crippen molar-refractivity contribution in [1.82, 2.24) is 0 Å². The van der Waals surface area contributed by atoms with E-state index in [1.165, 1.54) is 52.4 Å². The summed E-state index contributed by atoms with van der Waals surface area (Å²) in [6.45, 7) is 14.8. The van der Waals surface area contributed by atoms with Gasteiger partial charge in [0.25, 0.3) is 0 Å². The van der Waals surface area contributed by atoms with Gasteiger partial charge in [-0.1, -0.05) is 53.9 Å². The maximum Gasteiger partial charge on any atom is 0.303 e. The van der Waals surface area contributed by atoms with Gasteiger partial charge < -0.3 is 14.6 Å². The van der Waals surface area contributed by atoms with Crippen LogP contribution in [-0.4, -0.2) is 34.9 Å². The van der Waals surface area contributed by atoms with Crippen molar-refractivity contribution in [2.75, 3.05) is 0 Å². The highest BCUT2D eigenvalue weighted by Gasteiger charge is 2.68. The lowest BCUT2D eigenvalue weighted by molar-refractivity contribution is -0.271. The lowest BCUT2D eigenvalue weighted by Crippen LogP contribution is -2.69. The molecule has 1 N–H and O–H groups in total. The fourth-order valence-corrected chi connectivity index (χ4v) is 9.92. The van der Waals surface area contributed by atoms with Crippen LogP contribution in [0, 0.1) is 46.3 Å². The van der Waals surface area contributed by atoms with E-state index >= 15 is 0 Å². The van der Waals surface area contributed by atoms with Crippen LogP contribution in [0.1, 0.15) is 119 Å². The topological polar surface area (TPSA) is 72.8 Å². The van der Waals surface area contributed by atoms with Crippen LogP contribution in [-0.2, 0) is 19.1 Å². The Morgan fingerprint density at radius 3 is 2.25 bits per heavy atom. The summed E-state index contributed by atoms with van der Waals surface area (Å²) in [5.74, 6) is 3.15. The summed E-state index contributed by atoms with van der Waals surface area (Å²) in [6.07, 6.45) is 10.7. The zero-order chi connectivity index (χ0) is 26.5. The Kier molecular flexibility index (Phi) is 7.93. The van der Waals surface area contributed by atoms with E-state index in [-0.39, 0.29) is 23.5 Å². The Hall–Kier alpha value is -1.10. The van der Waals surface area contributed by atoms with Crippen molar-refractivity contribution in [2.45, 2.75) is 137 Å². The van der Waals surface area contributed by atoms with Gasteiger partial charge in [-0.2, -0.15) is 0 Å². The Labute approximate surface area is 219 Å². The third-order valence-corrected chi connectivity index (χ3v) is 11.6. The van der Waals surface area contributed by atoms with Gasteiger partial charge in [0.15, 0.2) is 0 Å². The minimum absolute atomic E-state index is 0.308. The van der Waals surface area contributed by atoms with E-state index in [1.54, 1.807) is 0 Å². The van der Waals surface area contributed by atoms with Gasteiger partial charge in [-0.15, -0.1) is 0 Å². The van der Waals surface area contributed by atoms with Crippen molar-refractivity contribution < 1.29 is 24.2 Å².